The van der Waals surface area contributed by atoms with Crippen molar-refractivity contribution in [3.05, 3.63) is 29.8 Å². The van der Waals surface area contributed by atoms with Crippen LogP contribution in [0.3, 0.4) is 0 Å². The molecule has 0 bridgehead atoms. The number of likely N-dealkylation sites (tertiary alicyclic amines) is 2. The van der Waals surface area contributed by atoms with Crippen molar-refractivity contribution in [3.63, 3.8) is 0 Å². The van der Waals surface area contributed by atoms with Crippen molar-refractivity contribution in [1.29, 1.82) is 0 Å². The third-order valence-corrected chi connectivity index (χ3v) is 7.44. The summed E-state index contributed by atoms with van der Waals surface area (Å²) in [5.74, 6) is 1.87. The lowest BCUT2D eigenvalue weighted by atomic mass is 9.84. The van der Waals surface area contributed by atoms with E-state index in [2.05, 4.69) is 64.5 Å². The van der Waals surface area contributed by atoms with Crippen LogP contribution in [-0.4, -0.2) is 73.7 Å². The van der Waals surface area contributed by atoms with Gasteiger partial charge in [-0.2, -0.15) is 0 Å². The highest BCUT2D eigenvalue weighted by molar-refractivity contribution is 14.0. The van der Waals surface area contributed by atoms with Crippen molar-refractivity contribution in [2.24, 2.45) is 4.99 Å². The molecular weight excluding hydrogens is 513 g/mol. The Kier molecular flexibility index (Phi) is 8.72. The lowest BCUT2D eigenvalue weighted by Crippen LogP contribution is -2.62. The largest absolute Gasteiger partial charge is 0.487 e. The van der Waals surface area contributed by atoms with Crippen LogP contribution >= 0.6 is 24.0 Å². The summed E-state index contributed by atoms with van der Waals surface area (Å²) in [5, 5.41) is 7.45. The van der Waals surface area contributed by atoms with Gasteiger partial charge in [-0.05, 0) is 78.8 Å². The van der Waals surface area contributed by atoms with Gasteiger partial charge in [-0.15, -0.1) is 24.0 Å². The Hall–Kier alpha value is -1.06. The Labute approximate surface area is 211 Å². The van der Waals surface area contributed by atoms with Crippen LogP contribution in [0.1, 0.15) is 64.0 Å². The molecule has 3 aliphatic rings. The molecule has 2 fully saturated rings. The zero-order valence-corrected chi connectivity index (χ0v) is 22.7. The van der Waals surface area contributed by atoms with Gasteiger partial charge in [-0.1, -0.05) is 24.6 Å². The smallest absolute Gasteiger partial charge is 0.191 e. The number of ether oxygens (including phenoxy) is 1. The SMILES string of the molecule is CN=C(NCC1(N2CCCCC2)CCN(C)CC1)NC1CC(C)(C)Oc2ccccc21.I. The van der Waals surface area contributed by atoms with Gasteiger partial charge in [0.05, 0.1) is 6.04 Å². The molecule has 0 radical (unpaired) electrons. The van der Waals surface area contributed by atoms with Crippen LogP contribution in [0.2, 0.25) is 0 Å². The molecule has 0 amide bonds. The normalized spacial score (nSPS) is 25.8. The minimum Gasteiger partial charge on any atom is -0.487 e. The molecule has 180 valence electrons. The Morgan fingerprint density at radius 3 is 2.47 bits per heavy atom. The summed E-state index contributed by atoms with van der Waals surface area (Å²) >= 11 is 0. The van der Waals surface area contributed by atoms with Gasteiger partial charge in [-0.25, -0.2) is 0 Å². The average molecular weight is 556 g/mol. The second-order valence-corrected chi connectivity index (χ2v) is 10.3. The number of piperidine rings is 2. The van der Waals surface area contributed by atoms with E-state index in [0.717, 1.165) is 24.7 Å². The maximum absolute atomic E-state index is 6.21. The van der Waals surface area contributed by atoms with Crippen LogP contribution in [0.15, 0.2) is 29.3 Å². The van der Waals surface area contributed by atoms with Crippen LogP contribution in [0.25, 0.3) is 0 Å². The first-order valence-electron chi connectivity index (χ1n) is 12.1. The van der Waals surface area contributed by atoms with Crippen molar-refractivity contribution < 1.29 is 4.74 Å². The van der Waals surface area contributed by atoms with Crippen molar-refractivity contribution in [2.45, 2.75) is 69.6 Å². The highest BCUT2D eigenvalue weighted by Crippen LogP contribution is 2.39. The van der Waals surface area contributed by atoms with Gasteiger partial charge in [-0.3, -0.25) is 9.89 Å². The van der Waals surface area contributed by atoms with E-state index in [-0.39, 0.29) is 41.2 Å². The summed E-state index contributed by atoms with van der Waals surface area (Å²) in [7, 11) is 4.13. The molecule has 1 atom stereocenters. The summed E-state index contributed by atoms with van der Waals surface area (Å²) in [4.78, 5) is 9.85. The van der Waals surface area contributed by atoms with Crippen molar-refractivity contribution >= 4 is 29.9 Å². The fraction of sp³-hybridized carbons (Fsp3) is 0.720. The molecule has 1 unspecified atom stereocenters. The summed E-state index contributed by atoms with van der Waals surface area (Å²) < 4.78 is 6.21. The number of hydrogen-bond donors (Lipinski definition) is 2. The number of aliphatic imine (C=N–C) groups is 1. The summed E-state index contributed by atoms with van der Waals surface area (Å²) in [5.41, 5.74) is 1.25. The van der Waals surface area contributed by atoms with E-state index in [9.17, 15) is 0 Å². The molecule has 2 N–H and O–H groups in total. The number of nitrogens with one attached hydrogen (secondary N) is 2. The molecule has 7 heteroatoms. The fourth-order valence-electron chi connectivity index (χ4n) is 5.55. The van der Waals surface area contributed by atoms with Gasteiger partial charge < -0.3 is 20.3 Å². The molecule has 4 rings (SSSR count). The highest BCUT2D eigenvalue weighted by Gasteiger charge is 2.40. The number of rotatable bonds is 4. The van der Waals surface area contributed by atoms with Crippen LogP contribution in [0, 0.1) is 0 Å². The van der Waals surface area contributed by atoms with Gasteiger partial charge in [0.2, 0.25) is 0 Å². The number of nitrogens with zero attached hydrogens (tertiary/aromatic N) is 3. The number of benzene rings is 1. The summed E-state index contributed by atoms with van der Waals surface area (Å²) in [6.07, 6.45) is 7.40. The van der Waals surface area contributed by atoms with E-state index >= 15 is 0 Å². The molecule has 6 nitrogen and oxygen atoms in total. The maximum atomic E-state index is 6.21. The first-order chi connectivity index (χ1) is 14.9. The number of halogens is 1. The second-order valence-electron chi connectivity index (χ2n) is 10.3. The van der Waals surface area contributed by atoms with E-state index < -0.39 is 0 Å². The van der Waals surface area contributed by atoms with E-state index in [1.54, 1.807) is 0 Å². The molecule has 1 aromatic carbocycles. The monoisotopic (exact) mass is 555 g/mol. The fourth-order valence-corrected chi connectivity index (χ4v) is 5.55. The number of para-hydroxylation sites is 1. The van der Waals surface area contributed by atoms with E-state index in [4.69, 9.17) is 4.74 Å². The number of hydrogen-bond acceptors (Lipinski definition) is 4. The van der Waals surface area contributed by atoms with Crippen molar-refractivity contribution in [3.8, 4) is 5.75 Å². The Bertz CT molecular complexity index is 769. The standard InChI is InChI=1S/C25H41N5O.HI/c1-24(2)18-21(20-10-6-7-11-22(20)31-24)28-23(26-3)27-19-25(12-16-29(4)17-13-25)30-14-8-5-9-15-30;/h6-7,10-11,21H,5,8-9,12-19H2,1-4H3,(H2,26,27,28);1H. The molecular formula is C25H42IN5O. The van der Waals surface area contributed by atoms with Crippen LogP contribution < -0.4 is 15.4 Å². The second kappa shape index (κ2) is 10.9. The predicted molar refractivity (Wildman–Crippen MR) is 143 cm³/mol. The van der Waals surface area contributed by atoms with E-state index in [1.165, 1.54) is 63.8 Å². The van der Waals surface area contributed by atoms with E-state index in [1.807, 2.05) is 13.1 Å². The minimum absolute atomic E-state index is 0. The van der Waals surface area contributed by atoms with E-state index in [0.29, 0.717) is 0 Å². The maximum Gasteiger partial charge on any atom is 0.191 e. The first-order valence-corrected chi connectivity index (χ1v) is 12.1. The molecule has 3 heterocycles. The number of fused-ring (bicyclic) bond motifs is 1. The molecule has 2 saturated heterocycles. The van der Waals surface area contributed by atoms with Gasteiger partial charge in [0.15, 0.2) is 5.96 Å². The zero-order chi connectivity index (χ0) is 21.9. The third kappa shape index (κ3) is 5.89. The lowest BCUT2D eigenvalue weighted by Gasteiger charge is -2.50. The van der Waals surface area contributed by atoms with Gasteiger partial charge in [0, 0.05) is 31.1 Å². The topological polar surface area (TPSA) is 52.1 Å². The Morgan fingerprint density at radius 1 is 1.09 bits per heavy atom. The predicted octanol–water partition coefficient (Wildman–Crippen LogP) is 4.02. The molecule has 3 aliphatic heterocycles. The van der Waals surface area contributed by atoms with Crippen molar-refractivity contribution in [1.82, 2.24) is 20.4 Å². The highest BCUT2D eigenvalue weighted by atomic mass is 127. The van der Waals surface area contributed by atoms with Crippen LogP contribution in [0.4, 0.5) is 0 Å². The Balaban J connectivity index is 0.00000289. The van der Waals surface area contributed by atoms with Gasteiger partial charge in [0.1, 0.15) is 11.4 Å². The van der Waals surface area contributed by atoms with Crippen molar-refractivity contribution in [2.75, 3.05) is 46.8 Å². The average Bonchev–Trinajstić information content (AvgIpc) is 2.77. The molecule has 0 saturated carbocycles. The summed E-state index contributed by atoms with van der Waals surface area (Å²) in [6.45, 7) is 10.1. The quantitative estimate of drug-likeness (QED) is 0.334. The molecule has 1 aromatic rings. The molecule has 0 aromatic heterocycles. The lowest BCUT2D eigenvalue weighted by molar-refractivity contribution is 0.0172. The molecule has 32 heavy (non-hydrogen) atoms. The summed E-state index contributed by atoms with van der Waals surface area (Å²) in [6, 6.07) is 8.57. The van der Waals surface area contributed by atoms with Gasteiger partial charge >= 0.3 is 0 Å². The van der Waals surface area contributed by atoms with Crippen LogP contribution in [-0.2, 0) is 0 Å². The zero-order valence-electron chi connectivity index (χ0n) is 20.3. The van der Waals surface area contributed by atoms with Gasteiger partial charge in [0.25, 0.3) is 0 Å². The Morgan fingerprint density at radius 2 is 1.78 bits per heavy atom. The molecule has 0 aliphatic carbocycles. The minimum atomic E-state index is -0.201. The first kappa shape index (κ1) is 25.6. The number of guanidine groups is 1. The molecule has 0 spiro atoms. The third-order valence-electron chi connectivity index (χ3n) is 7.44. The van der Waals surface area contributed by atoms with Crippen LogP contribution in [0.5, 0.6) is 5.75 Å².